The minimum atomic E-state index is 0.730. The van der Waals surface area contributed by atoms with Gasteiger partial charge in [-0.25, -0.2) is 9.97 Å². The van der Waals surface area contributed by atoms with E-state index in [0.717, 1.165) is 42.3 Å². The fourth-order valence-corrected chi connectivity index (χ4v) is 1.87. The smallest absolute Gasteiger partial charge is 0.131 e. The summed E-state index contributed by atoms with van der Waals surface area (Å²) in [5.41, 5.74) is 2.06. The highest BCUT2D eigenvalue weighted by Crippen LogP contribution is 2.19. The van der Waals surface area contributed by atoms with Crippen molar-refractivity contribution in [2.75, 3.05) is 26.1 Å². The van der Waals surface area contributed by atoms with Gasteiger partial charge in [0.25, 0.3) is 0 Å². The molecule has 0 atom stereocenters. The molecule has 4 heteroatoms. The summed E-state index contributed by atoms with van der Waals surface area (Å²) in [6.45, 7) is 0.730. The molecule has 1 aromatic carbocycles. The highest BCUT2D eigenvalue weighted by molar-refractivity contribution is 5.62. The number of rotatable bonds is 6. The average molecular weight is 257 g/mol. The standard InChI is InChI=1S/C15H19N3O/c1-16-15-11-13(12-7-4-3-5-8-12)17-14(18-15)9-6-10-19-2/h3-5,7-8,11H,6,9-10H2,1-2H3,(H,16,17,18). The molecular formula is C15H19N3O. The predicted octanol–water partition coefficient (Wildman–Crippen LogP) is 2.76. The Morgan fingerprint density at radius 1 is 1.16 bits per heavy atom. The van der Waals surface area contributed by atoms with E-state index in [4.69, 9.17) is 4.74 Å². The molecule has 0 amide bonds. The molecule has 1 heterocycles. The summed E-state index contributed by atoms with van der Waals surface area (Å²) < 4.78 is 5.06. The van der Waals surface area contributed by atoms with E-state index < -0.39 is 0 Å². The van der Waals surface area contributed by atoms with Crippen molar-refractivity contribution in [1.82, 2.24) is 9.97 Å². The van der Waals surface area contributed by atoms with Gasteiger partial charge in [-0.2, -0.15) is 0 Å². The normalized spacial score (nSPS) is 10.4. The first-order valence-corrected chi connectivity index (χ1v) is 6.43. The Morgan fingerprint density at radius 3 is 2.63 bits per heavy atom. The summed E-state index contributed by atoms with van der Waals surface area (Å²) in [5, 5.41) is 3.09. The van der Waals surface area contributed by atoms with Crippen LogP contribution in [0.4, 0.5) is 5.82 Å². The zero-order valence-electron chi connectivity index (χ0n) is 11.4. The Hall–Kier alpha value is -1.94. The molecule has 0 aliphatic rings. The Balaban J connectivity index is 2.26. The van der Waals surface area contributed by atoms with Gasteiger partial charge in [-0.1, -0.05) is 30.3 Å². The number of aromatic nitrogens is 2. The maximum Gasteiger partial charge on any atom is 0.131 e. The highest BCUT2D eigenvalue weighted by Gasteiger charge is 2.05. The fraction of sp³-hybridized carbons (Fsp3) is 0.333. The monoisotopic (exact) mass is 257 g/mol. The quantitative estimate of drug-likeness (QED) is 0.808. The Morgan fingerprint density at radius 2 is 1.95 bits per heavy atom. The van der Waals surface area contributed by atoms with E-state index in [-0.39, 0.29) is 0 Å². The van der Waals surface area contributed by atoms with E-state index in [2.05, 4.69) is 27.4 Å². The Kier molecular flexibility index (Phi) is 4.86. The van der Waals surface area contributed by atoms with Crippen molar-refractivity contribution in [2.24, 2.45) is 0 Å². The summed E-state index contributed by atoms with van der Waals surface area (Å²) in [4.78, 5) is 9.09. The number of aryl methyl sites for hydroxylation is 1. The van der Waals surface area contributed by atoms with Crippen molar-refractivity contribution in [3.63, 3.8) is 0 Å². The van der Waals surface area contributed by atoms with E-state index in [9.17, 15) is 0 Å². The fourth-order valence-electron chi connectivity index (χ4n) is 1.87. The molecule has 2 rings (SSSR count). The molecule has 0 radical (unpaired) electrons. The van der Waals surface area contributed by atoms with Crippen LogP contribution in [0.1, 0.15) is 12.2 Å². The number of hydrogen-bond acceptors (Lipinski definition) is 4. The molecule has 0 fully saturated rings. The van der Waals surface area contributed by atoms with Crippen molar-refractivity contribution >= 4 is 5.82 Å². The van der Waals surface area contributed by atoms with Crippen LogP contribution in [-0.2, 0) is 11.2 Å². The van der Waals surface area contributed by atoms with Gasteiger partial charge >= 0.3 is 0 Å². The van der Waals surface area contributed by atoms with Gasteiger partial charge in [-0.15, -0.1) is 0 Å². The maximum absolute atomic E-state index is 5.06. The minimum Gasteiger partial charge on any atom is -0.385 e. The van der Waals surface area contributed by atoms with E-state index in [0.29, 0.717) is 0 Å². The van der Waals surface area contributed by atoms with Gasteiger partial charge in [0.2, 0.25) is 0 Å². The molecule has 1 aromatic heterocycles. The van der Waals surface area contributed by atoms with Gasteiger partial charge in [-0.3, -0.25) is 0 Å². The summed E-state index contributed by atoms with van der Waals surface area (Å²) in [6, 6.07) is 12.1. The summed E-state index contributed by atoms with van der Waals surface area (Å²) in [6.07, 6.45) is 1.75. The third-order valence-electron chi connectivity index (χ3n) is 2.85. The molecule has 1 N–H and O–H groups in total. The first-order chi connectivity index (χ1) is 9.33. The van der Waals surface area contributed by atoms with Crippen molar-refractivity contribution in [3.8, 4) is 11.3 Å². The number of nitrogens with one attached hydrogen (secondary N) is 1. The first-order valence-electron chi connectivity index (χ1n) is 6.43. The second-order valence-electron chi connectivity index (χ2n) is 4.27. The topological polar surface area (TPSA) is 47.0 Å². The van der Waals surface area contributed by atoms with E-state index in [1.54, 1.807) is 7.11 Å². The molecular weight excluding hydrogens is 238 g/mol. The molecule has 19 heavy (non-hydrogen) atoms. The third-order valence-corrected chi connectivity index (χ3v) is 2.85. The molecule has 0 saturated carbocycles. The highest BCUT2D eigenvalue weighted by atomic mass is 16.5. The second-order valence-corrected chi connectivity index (χ2v) is 4.27. The molecule has 100 valence electrons. The molecule has 0 saturated heterocycles. The van der Waals surface area contributed by atoms with Crippen molar-refractivity contribution in [1.29, 1.82) is 0 Å². The van der Waals surface area contributed by atoms with Crippen LogP contribution in [0, 0.1) is 0 Å². The van der Waals surface area contributed by atoms with Crippen LogP contribution in [0.2, 0.25) is 0 Å². The lowest BCUT2D eigenvalue weighted by Crippen LogP contribution is -2.03. The van der Waals surface area contributed by atoms with Crippen LogP contribution >= 0.6 is 0 Å². The molecule has 4 nitrogen and oxygen atoms in total. The zero-order chi connectivity index (χ0) is 13.5. The number of nitrogens with zero attached hydrogens (tertiary/aromatic N) is 2. The van der Waals surface area contributed by atoms with Crippen molar-refractivity contribution < 1.29 is 4.74 Å². The van der Waals surface area contributed by atoms with Gasteiger partial charge in [0.05, 0.1) is 5.69 Å². The van der Waals surface area contributed by atoms with Crippen LogP contribution in [0.25, 0.3) is 11.3 Å². The largest absolute Gasteiger partial charge is 0.385 e. The molecule has 0 unspecified atom stereocenters. The molecule has 0 spiro atoms. The van der Waals surface area contributed by atoms with Crippen LogP contribution in [0.3, 0.4) is 0 Å². The summed E-state index contributed by atoms with van der Waals surface area (Å²) >= 11 is 0. The van der Waals surface area contributed by atoms with Crippen LogP contribution in [0.15, 0.2) is 36.4 Å². The number of methoxy groups -OCH3 is 1. The predicted molar refractivity (Wildman–Crippen MR) is 77.2 cm³/mol. The Labute approximate surface area is 113 Å². The molecule has 0 aliphatic carbocycles. The third kappa shape index (κ3) is 3.76. The number of benzene rings is 1. The van der Waals surface area contributed by atoms with Gasteiger partial charge in [0, 0.05) is 38.8 Å². The molecule has 0 aliphatic heterocycles. The van der Waals surface area contributed by atoms with Gasteiger partial charge in [-0.05, 0) is 6.42 Å². The Bertz CT molecular complexity index is 514. The molecule has 2 aromatic rings. The first kappa shape index (κ1) is 13.5. The average Bonchev–Trinajstić information content (AvgIpc) is 2.48. The lowest BCUT2D eigenvalue weighted by molar-refractivity contribution is 0.194. The van der Waals surface area contributed by atoms with Gasteiger partial charge in [0.1, 0.15) is 11.6 Å². The van der Waals surface area contributed by atoms with E-state index in [1.807, 2.05) is 31.3 Å². The van der Waals surface area contributed by atoms with E-state index in [1.165, 1.54) is 0 Å². The SMILES string of the molecule is CNc1cc(-c2ccccc2)nc(CCCOC)n1. The zero-order valence-corrected chi connectivity index (χ0v) is 11.4. The van der Waals surface area contributed by atoms with Crippen molar-refractivity contribution in [3.05, 3.63) is 42.2 Å². The molecule has 0 bridgehead atoms. The van der Waals surface area contributed by atoms with Gasteiger partial charge < -0.3 is 10.1 Å². The minimum absolute atomic E-state index is 0.730. The second kappa shape index (κ2) is 6.85. The maximum atomic E-state index is 5.06. The summed E-state index contributed by atoms with van der Waals surface area (Å²) in [7, 11) is 3.58. The number of anilines is 1. The van der Waals surface area contributed by atoms with Crippen LogP contribution in [0.5, 0.6) is 0 Å². The lowest BCUT2D eigenvalue weighted by atomic mass is 10.1. The number of ether oxygens (including phenoxy) is 1. The number of hydrogen-bond donors (Lipinski definition) is 1. The van der Waals surface area contributed by atoms with Crippen molar-refractivity contribution in [2.45, 2.75) is 12.8 Å². The van der Waals surface area contributed by atoms with Gasteiger partial charge in [0.15, 0.2) is 0 Å². The van der Waals surface area contributed by atoms with Crippen LogP contribution < -0.4 is 5.32 Å². The van der Waals surface area contributed by atoms with E-state index >= 15 is 0 Å². The lowest BCUT2D eigenvalue weighted by Gasteiger charge is -2.08. The summed E-state index contributed by atoms with van der Waals surface area (Å²) in [5.74, 6) is 1.70. The van der Waals surface area contributed by atoms with Crippen LogP contribution in [-0.4, -0.2) is 30.7 Å².